The molecule has 2 atom stereocenters. The topological polar surface area (TPSA) is 142 Å². The molecule has 0 bridgehead atoms. The van der Waals surface area contributed by atoms with E-state index in [2.05, 4.69) is 54.9 Å². The maximum atomic E-state index is 12.5. The summed E-state index contributed by atoms with van der Waals surface area (Å²) in [6, 6.07) is -1.39. The van der Waals surface area contributed by atoms with E-state index in [-0.39, 0.29) is 30.9 Å². The lowest BCUT2D eigenvalue weighted by molar-refractivity contribution is -0.147. The van der Waals surface area contributed by atoms with Gasteiger partial charge in [-0.2, -0.15) is 0 Å². The molecule has 0 fully saturated rings. The van der Waals surface area contributed by atoms with Crippen LogP contribution in [0.3, 0.4) is 0 Å². The van der Waals surface area contributed by atoms with Crippen molar-refractivity contribution in [3.05, 3.63) is 36.5 Å². The third-order valence-corrected chi connectivity index (χ3v) is 7.14. The quantitative estimate of drug-likeness (QED) is 0.0414. The summed E-state index contributed by atoms with van der Waals surface area (Å²) >= 11 is 0. The second-order valence-electron chi connectivity index (χ2n) is 11.2. The third-order valence-electron chi connectivity index (χ3n) is 7.14. The van der Waals surface area contributed by atoms with Crippen LogP contribution in [-0.4, -0.2) is 59.3 Å². The number of hydrogen-bond donors (Lipinski definition) is 4. The van der Waals surface area contributed by atoms with Gasteiger partial charge in [0.2, 0.25) is 11.8 Å². The summed E-state index contributed by atoms with van der Waals surface area (Å²) in [5.41, 5.74) is 0. The van der Waals surface area contributed by atoms with Crippen LogP contribution in [0, 0.1) is 0 Å². The predicted molar refractivity (Wildman–Crippen MR) is 176 cm³/mol. The zero-order valence-electron chi connectivity index (χ0n) is 27.4. The van der Waals surface area contributed by atoms with Crippen LogP contribution >= 0.6 is 0 Å². The van der Waals surface area contributed by atoms with Gasteiger partial charge in [-0.1, -0.05) is 108 Å². The van der Waals surface area contributed by atoms with Crippen LogP contribution in [0.15, 0.2) is 36.5 Å². The van der Waals surface area contributed by atoms with Crippen molar-refractivity contribution in [3.63, 3.8) is 0 Å². The first-order chi connectivity index (χ1) is 21.3. The van der Waals surface area contributed by atoms with Crippen LogP contribution in [0.1, 0.15) is 136 Å². The lowest BCUT2D eigenvalue weighted by atomic mass is 10.1. The molecule has 0 aromatic heterocycles. The number of hydrogen-bond acceptors (Lipinski definition) is 6. The average Bonchev–Trinajstić information content (AvgIpc) is 3.00. The van der Waals surface area contributed by atoms with Gasteiger partial charge in [-0.15, -0.1) is 0 Å². The first-order valence-corrected chi connectivity index (χ1v) is 16.9. The fraction of sp³-hybridized carbons (Fsp3) is 0.714. The number of carboxylic acids is 1. The maximum absolute atomic E-state index is 12.5. The lowest BCUT2D eigenvalue weighted by Crippen LogP contribution is -2.47. The van der Waals surface area contributed by atoms with Crippen molar-refractivity contribution in [1.29, 1.82) is 0 Å². The minimum Gasteiger partial charge on any atom is -0.480 e. The number of carbonyl (C=O) groups excluding carboxylic acids is 3. The summed E-state index contributed by atoms with van der Waals surface area (Å²) in [4.78, 5) is 47.1. The van der Waals surface area contributed by atoms with Crippen molar-refractivity contribution in [1.82, 2.24) is 10.6 Å². The molecule has 252 valence electrons. The van der Waals surface area contributed by atoms with Gasteiger partial charge in [0.25, 0.3) is 0 Å². The molecule has 4 N–H and O–H groups in total. The van der Waals surface area contributed by atoms with Crippen LogP contribution in [0.25, 0.3) is 0 Å². The highest BCUT2D eigenvalue weighted by Gasteiger charge is 2.18. The number of esters is 1. The van der Waals surface area contributed by atoms with Gasteiger partial charge < -0.3 is 25.6 Å². The highest BCUT2D eigenvalue weighted by molar-refractivity contribution is 5.87. The maximum Gasteiger partial charge on any atom is 0.328 e. The fourth-order valence-electron chi connectivity index (χ4n) is 4.53. The van der Waals surface area contributed by atoms with Gasteiger partial charge in [-0.05, 0) is 51.0 Å². The van der Waals surface area contributed by atoms with E-state index >= 15 is 0 Å². The van der Waals surface area contributed by atoms with Crippen molar-refractivity contribution in [3.8, 4) is 0 Å². The summed E-state index contributed by atoms with van der Waals surface area (Å²) in [6.07, 6.45) is 30.5. The van der Waals surface area contributed by atoms with Gasteiger partial charge in [-0.3, -0.25) is 14.4 Å². The van der Waals surface area contributed by atoms with E-state index in [1.54, 1.807) is 0 Å². The van der Waals surface area contributed by atoms with E-state index in [0.29, 0.717) is 12.8 Å². The Morgan fingerprint density at radius 2 is 1.27 bits per heavy atom. The molecule has 0 spiro atoms. The van der Waals surface area contributed by atoms with E-state index < -0.39 is 24.5 Å². The molecule has 0 saturated heterocycles. The first-order valence-electron chi connectivity index (χ1n) is 16.9. The monoisotopic (exact) mass is 620 g/mol. The number of aliphatic carboxylic acids is 1. The van der Waals surface area contributed by atoms with E-state index in [0.717, 1.165) is 57.8 Å². The molecule has 44 heavy (non-hydrogen) atoms. The second-order valence-corrected chi connectivity index (χ2v) is 11.2. The molecule has 9 heteroatoms. The number of nitrogens with one attached hydrogen (secondary N) is 2. The largest absolute Gasteiger partial charge is 0.480 e. The number of carbonyl (C=O) groups is 4. The number of carboxylic acid groups (broad SMARTS) is 1. The minimum absolute atomic E-state index is 0.141. The number of allylic oxidation sites excluding steroid dienone is 5. The molecule has 0 aromatic rings. The molecule has 2 amide bonds. The first kappa shape index (κ1) is 41.1. The van der Waals surface area contributed by atoms with Crippen molar-refractivity contribution in [2.75, 3.05) is 13.2 Å². The molecule has 0 aromatic carbocycles. The summed E-state index contributed by atoms with van der Waals surface area (Å²) in [6.45, 7) is 3.28. The number of amides is 2. The number of unbranched alkanes of at least 4 members (excludes halogenated alkanes) is 11. The highest BCUT2D eigenvalue weighted by Crippen LogP contribution is 2.14. The van der Waals surface area contributed by atoms with Crippen LogP contribution < -0.4 is 10.6 Å². The Morgan fingerprint density at radius 3 is 1.89 bits per heavy atom. The number of aliphatic hydroxyl groups is 1. The molecule has 9 nitrogen and oxygen atoms in total. The van der Waals surface area contributed by atoms with Crippen molar-refractivity contribution >= 4 is 23.8 Å². The summed E-state index contributed by atoms with van der Waals surface area (Å²) < 4.78 is 5.82. The minimum atomic E-state index is -1.39. The van der Waals surface area contributed by atoms with Gasteiger partial charge in [-0.25, -0.2) is 4.79 Å². The lowest BCUT2D eigenvalue weighted by Gasteiger charge is -2.15. The van der Waals surface area contributed by atoms with Gasteiger partial charge in [0.05, 0.1) is 13.2 Å². The second kappa shape index (κ2) is 30.1. The molecule has 0 aliphatic heterocycles. The number of ether oxygens (including phenoxy) is 1. The molecule has 0 aliphatic carbocycles. The van der Waals surface area contributed by atoms with Crippen molar-refractivity contribution in [2.24, 2.45) is 0 Å². The Labute approximate surface area is 266 Å². The zero-order valence-corrected chi connectivity index (χ0v) is 27.4. The van der Waals surface area contributed by atoms with Crippen LogP contribution in [0.2, 0.25) is 0 Å². The highest BCUT2D eigenvalue weighted by atomic mass is 16.5. The summed E-state index contributed by atoms with van der Waals surface area (Å²) in [7, 11) is 0. The third kappa shape index (κ3) is 26.7. The zero-order chi connectivity index (χ0) is 32.7. The Kier molecular flexibility index (Phi) is 28.1. The predicted octanol–water partition coefficient (Wildman–Crippen LogP) is 6.70. The number of aliphatic hydroxyl groups excluding tert-OH is 1. The van der Waals surface area contributed by atoms with E-state index in [9.17, 15) is 19.2 Å². The summed E-state index contributed by atoms with van der Waals surface area (Å²) in [5.74, 6) is -2.45. The Balaban J connectivity index is 4.40. The van der Waals surface area contributed by atoms with E-state index in [1.165, 1.54) is 44.9 Å². The smallest absolute Gasteiger partial charge is 0.328 e. The van der Waals surface area contributed by atoms with E-state index in [4.69, 9.17) is 14.9 Å². The molecule has 0 saturated carbocycles. The Morgan fingerprint density at radius 1 is 0.705 bits per heavy atom. The van der Waals surface area contributed by atoms with Gasteiger partial charge in [0.15, 0.2) is 0 Å². The molecule has 2 unspecified atom stereocenters. The standard InChI is InChI=1S/C35H60N2O7/c1-3-5-7-9-11-13-15-17-23-27-34(41)44-30(24-20-16-14-12-10-8-6-4-2)25-21-18-19-22-26-32(39)36-28-33(40)37-31(29-38)35(42)43/h6,8,12,14,20,24,30-31,38H,3-5,7,9-11,13,15-19,21-23,25-29H2,1-2H3,(H,36,39)(H,37,40)(H,42,43)/b8-6-,14-12-,24-20-. The van der Waals surface area contributed by atoms with Gasteiger partial charge >= 0.3 is 11.9 Å². The van der Waals surface area contributed by atoms with Crippen molar-refractivity contribution < 1.29 is 34.1 Å². The molecular formula is C35H60N2O7. The molecule has 0 rings (SSSR count). The molecule has 0 heterocycles. The SMILES string of the molecule is CC/C=C\C/C=C\C/C=C\C(CCCCCCC(=O)NCC(=O)NC(CO)C(=O)O)OC(=O)CCCCCCCCCCC. The molecular weight excluding hydrogens is 560 g/mol. The normalized spacial score (nSPS) is 13.0. The van der Waals surface area contributed by atoms with Gasteiger partial charge in [0, 0.05) is 12.8 Å². The molecule has 0 radical (unpaired) electrons. The van der Waals surface area contributed by atoms with Crippen LogP contribution in [0.5, 0.6) is 0 Å². The summed E-state index contributed by atoms with van der Waals surface area (Å²) in [5, 5.41) is 22.4. The van der Waals surface area contributed by atoms with E-state index in [1.807, 2.05) is 6.08 Å². The van der Waals surface area contributed by atoms with Crippen molar-refractivity contribution in [2.45, 2.75) is 148 Å². The Bertz CT molecular complexity index is 854. The van der Waals surface area contributed by atoms with Crippen LogP contribution in [-0.2, 0) is 23.9 Å². The van der Waals surface area contributed by atoms with Gasteiger partial charge in [0.1, 0.15) is 12.1 Å². The number of rotatable bonds is 29. The average molecular weight is 621 g/mol. The Hall–Kier alpha value is -2.94. The fourth-order valence-corrected chi connectivity index (χ4v) is 4.53. The van der Waals surface area contributed by atoms with Crippen LogP contribution in [0.4, 0.5) is 0 Å². The molecule has 0 aliphatic rings.